The van der Waals surface area contributed by atoms with Crippen LogP contribution in [-0.2, 0) is 19.0 Å². The van der Waals surface area contributed by atoms with Crippen LogP contribution in [0.5, 0.6) is 0 Å². The zero-order chi connectivity index (χ0) is 15.3. The molecule has 19 heavy (non-hydrogen) atoms. The predicted octanol–water partition coefficient (Wildman–Crippen LogP) is 1.35. The number of ether oxygens (including phenoxy) is 3. The van der Waals surface area contributed by atoms with Crippen LogP contribution in [0.25, 0.3) is 0 Å². The summed E-state index contributed by atoms with van der Waals surface area (Å²) in [6.45, 7) is -1.21. The molecule has 0 aliphatic rings. The summed E-state index contributed by atoms with van der Waals surface area (Å²) in [4.78, 5) is 11.0. The van der Waals surface area contributed by atoms with E-state index in [1.54, 1.807) is 0 Å². The van der Waals surface area contributed by atoms with Crippen molar-refractivity contribution < 1.29 is 50.5 Å². The van der Waals surface area contributed by atoms with Crippen LogP contribution in [0.2, 0.25) is 0 Å². The molecule has 0 saturated heterocycles. The van der Waals surface area contributed by atoms with E-state index in [9.17, 15) is 31.1 Å². The topological polar surface area (TPSA) is 65.0 Å². The molecule has 0 saturated carbocycles. The Kier molecular flexibility index (Phi) is 6.52. The van der Waals surface area contributed by atoms with Crippen LogP contribution in [0.3, 0.4) is 0 Å². The smallest absolute Gasteiger partial charge is 0.461 e. The molecule has 0 aromatic heterocycles. The number of hydrogen-bond acceptors (Lipinski definition) is 5. The van der Waals surface area contributed by atoms with Crippen molar-refractivity contribution in [2.24, 2.45) is 0 Å². The average molecular weight is 300 g/mol. The molecular formula is C8H10F6O5. The number of aliphatic hydroxyl groups excluding tert-OH is 1. The number of aliphatic hydroxyl groups is 1. The largest absolute Gasteiger partial charge is 0.523 e. The van der Waals surface area contributed by atoms with Gasteiger partial charge in [0, 0.05) is 0 Å². The second-order valence-electron chi connectivity index (χ2n) is 3.19. The number of carbonyl (C=O) groups is 1. The molecule has 2 unspecified atom stereocenters. The lowest BCUT2D eigenvalue weighted by Gasteiger charge is -2.20. The predicted molar refractivity (Wildman–Crippen MR) is 45.6 cm³/mol. The normalized spacial score (nSPS) is 16.0. The van der Waals surface area contributed by atoms with Crippen LogP contribution in [0.1, 0.15) is 6.92 Å². The van der Waals surface area contributed by atoms with Gasteiger partial charge in [0.2, 0.25) is 0 Å². The van der Waals surface area contributed by atoms with Gasteiger partial charge in [0.25, 0.3) is 0 Å². The van der Waals surface area contributed by atoms with Gasteiger partial charge < -0.3 is 9.84 Å². The van der Waals surface area contributed by atoms with Crippen LogP contribution < -0.4 is 0 Å². The molecule has 0 spiro atoms. The van der Waals surface area contributed by atoms with Crippen LogP contribution >= 0.6 is 0 Å². The molecule has 0 aliphatic carbocycles. The highest BCUT2D eigenvalue weighted by molar-refractivity contribution is 5.75. The standard InChI is InChI=1S/C8H10F6O5/c1-4(15)5(19-8(12,13)14)6(16)17-2-3-18-7(9,10)11/h4-5,15H,2-3H2,1H3. The van der Waals surface area contributed by atoms with E-state index in [4.69, 9.17) is 5.11 Å². The van der Waals surface area contributed by atoms with Crippen LogP contribution in [0, 0.1) is 0 Å². The molecule has 11 heteroatoms. The third-order valence-electron chi connectivity index (χ3n) is 1.52. The molecule has 0 fully saturated rings. The van der Waals surface area contributed by atoms with Crippen molar-refractivity contribution in [3.8, 4) is 0 Å². The van der Waals surface area contributed by atoms with Crippen molar-refractivity contribution in [1.82, 2.24) is 0 Å². The maximum absolute atomic E-state index is 11.9. The lowest BCUT2D eigenvalue weighted by molar-refractivity contribution is -0.348. The highest BCUT2D eigenvalue weighted by Gasteiger charge is 2.40. The Hall–Kier alpha value is -1.07. The van der Waals surface area contributed by atoms with Gasteiger partial charge in [-0.15, -0.1) is 26.3 Å². The molecule has 0 rings (SSSR count). The van der Waals surface area contributed by atoms with Crippen molar-refractivity contribution in [2.75, 3.05) is 13.2 Å². The van der Waals surface area contributed by atoms with Gasteiger partial charge in [-0.25, -0.2) is 4.79 Å². The zero-order valence-corrected chi connectivity index (χ0v) is 9.42. The van der Waals surface area contributed by atoms with Crippen molar-refractivity contribution in [2.45, 2.75) is 31.9 Å². The number of rotatable bonds is 6. The molecule has 0 radical (unpaired) electrons. The number of carbonyl (C=O) groups excluding carboxylic acids is 1. The Morgan fingerprint density at radius 2 is 1.63 bits per heavy atom. The first-order valence-corrected chi connectivity index (χ1v) is 4.72. The molecule has 0 amide bonds. The van der Waals surface area contributed by atoms with Crippen molar-refractivity contribution in [3.05, 3.63) is 0 Å². The minimum absolute atomic E-state index is 0.823. The van der Waals surface area contributed by atoms with E-state index in [1.807, 2.05) is 0 Å². The SMILES string of the molecule is CC(O)C(OC(F)(F)F)C(=O)OCCOC(F)(F)F. The van der Waals surface area contributed by atoms with Crippen LogP contribution in [0.15, 0.2) is 0 Å². The molecule has 0 bridgehead atoms. The van der Waals surface area contributed by atoms with Gasteiger partial charge in [-0.05, 0) is 6.92 Å². The van der Waals surface area contributed by atoms with Crippen molar-refractivity contribution in [1.29, 1.82) is 0 Å². The first-order chi connectivity index (χ1) is 8.42. The highest BCUT2D eigenvalue weighted by atomic mass is 19.4. The van der Waals surface area contributed by atoms with E-state index in [0.29, 0.717) is 0 Å². The van der Waals surface area contributed by atoms with E-state index in [-0.39, 0.29) is 0 Å². The molecule has 1 N–H and O–H groups in total. The summed E-state index contributed by atoms with van der Waals surface area (Å²) in [5, 5.41) is 8.89. The summed E-state index contributed by atoms with van der Waals surface area (Å²) in [5.41, 5.74) is 0. The molecule has 5 nitrogen and oxygen atoms in total. The quantitative estimate of drug-likeness (QED) is 0.456. The van der Waals surface area contributed by atoms with Gasteiger partial charge in [0.1, 0.15) is 6.61 Å². The number of alkyl halides is 6. The molecule has 0 heterocycles. The third kappa shape index (κ3) is 9.50. The van der Waals surface area contributed by atoms with E-state index < -0.39 is 44.1 Å². The van der Waals surface area contributed by atoms with Crippen LogP contribution in [0.4, 0.5) is 26.3 Å². The summed E-state index contributed by atoms with van der Waals surface area (Å²) >= 11 is 0. The number of hydrogen-bond donors (Lipinski definition) is 1. The molecule has 2 atom stereocenters. The summed E-state index contributed by atoms with van der Waals surface area (Å²) in [6.07, 6.45) is -14.4. The summed E-state index contributed by atoms with van der Waals surface area (Å²) in [7, 11) is 0. The van der Waals surface area contributed by atoms with E-state index in [2.05, 4.69) is 14.2 Å². The fraction of sp³-hybridized carbons (Fsp3) is 0.875. The van der Waals surface area contributed by atoms with Gasteiger partial charge in [-0.3, -0.25) is 9.47 Å². The van der Waals surface area contributed by atoms with Crippen molar-refractivity contribution >= 4 is 5.97 Å². The molecule has 0 aliphatic heterocycles. The Balaban J connectivity index is 4.21. The minimum atomic E-state index is -5.21. The van der Waals surface area contributed by atoms with Gasteiger partial charge in [0.05, 0.1) is 12.7 Å². The second kappa shape index (κ2) is 6.91. The highest BCUT2D eigenvalue weighted by Crippen LogP contribution is 2.21. The first-order valence-electron chi connectivity index (χ1n) is 4.72. The molecule has 114 valence electrons. The number of esters is 1. The Bertz CT molecular complexity index is 286. The number of halogens is 6. The molecule has 0 aromatic rings. The fourth-order valence-electron chi connectivity index (χ4n) is 0.869. The Morgan fingerprint density at radius 3 is 2.00 bits per heavy atom. The van der Waals surface area contributed by atoms with Gasteiger partial charge in [0.15, 0.2) is 6.10 Å². The van der Waals surface area contributed by atoms with Crippen LogP contribution in [-0.4, -0.2) is 49.2 Å². The first kappa shape index (κ1) is 17.9. The van der Waals surface area contributed by atoms with E-state index in [1.165, 1.54) is 0 Å². The maximum Gasteiger partial charge on any atom is 0.523 e. The fourth-order valence-corrected chi connectivity index (χ4v) is 0.869. The molecular weight excluding hydrogens is 290 g/mol. The lowest BCUT2D eigenvalue weighted by atomic mass is 10.2. The van der Waals surface area contributed by atoms with Gasteiger partial charge in [-0.2, -0.15) is 0 Å². The maximum atomic E-state index is 11.9. The monoisotopic (exact) mass is 300 g/mol. The van der Waals surface area contributed by atoms with E-state index in [0.717, 1.165) is 6.92 Å². The Labute approximate surface area is 103 Å². The van der Waals surface area contributed by atoms with Gasteiger partial charge >= 0.3 is 18.7 Å². The van der Waals surface area contributed by atoms with E-state index >= 15 is 0 Å². The summed E-state index contributed by atoms with van der Waals surface area (Å²) in [6, 6.07) is 0. The second-order valence-corrected chi connectivity index (χ2v) is 3.19. The minimum Gasteiger partial charge on any atom is -0.461 e. The average Bonchev–Trinajstić information content (AvgIpc) is 2.17. The summed E-state index contributed by atoms with van der Waals surface area (Å²) in [5.74, 6) is -1.65. The lowest BCUT2D eigenvalue weighted by Crippen LogP contribution is -2.40. The Morgan fingerprint density at radius 1 is 1.11 bits per heavy atom. The zero-order valence-electron chi connectivity index (χ0n) is 9.42. The van der Waals surface area contributed by atoms with Gasteiger partial charge in [-0.1, -0.05) is 0 Å². The summed E-state index contributed by atoms with van der Waals surface area (Å²) < 4.78 is 80.7. The third-order valence-corrected chi connectivity index (χ3v) is 1.52. The molecule has 0 aromatic carbocycles. The van der Waals surface area contributed by atoms with Crippen molar-refractivity contribution in [3.63, 3.8) is 0 Å².